The molecular weight excluding hydrogens is 306 g/mol. The molecule has 0 saturated carbocycles. The molecule has 5 heteroatoms. The molecule has 1 heterocycles. The van der Waals surface area contributed by atoms with Gasteiger partial charge in [0.05, 0.1) is 0 Å². The summed E-state index contributed by atoms with van der Waals surface area (Å²) in [5.74, 6) is -0.238. The molecule has 1 atom stereocenters. The zero-order valence-electron chi connectivity index (χ0n) is 13.2. The molecule has 0 bridgehead atoms. The van der Waals surface area contributed by atoms with Crippen LogP contribution in [0, 0.1) is 6.92 Å². The summed E-state index contributed by atoms with van der Waals surface area (Å²) in [6.07, 6.45) is 0.390. The molecule has 0 spiro atoms. The van der Waals surface area contributed by atoms with Crippen LogP contribution in [-0.4, -0.2) is 12.0 Å². The van der Waals surface area contributed by atoms with E-state index in [1.165, 1.54) is 12.1 Å². The summed E-state index contributed by atoms with van der Waals surface area (Å²) < 4.78 is 10.5. The van der Waals surface area contributed by atoms with E-state index >= 15 is 0 Å². The van der Waals surface area contributed by atoms with Crippen molar-refractivity contribution in [1.82, 2.24) is 0 Å². The monoisotopic (exact) mass is 323 g/mol. The molecule has 122 valence electrons. The van der Waals surface area contributed by atoms with Gasteiger partial charge in [0.2, 0.25) is 0 Å². The predicted molar refractivity (Wildman–Crippen MR) is 91.0 cm³/mol. The van der Waals surface area contributed by atoms with Crippen LogP contribution in [0.1, 0.15) is 11.1 Å². The fraction of sp³-hybridized carbons (Fsp3) is 0.158. The Bertz CT molecular complexity index is 931. The minimum Gasteiger partial charge on any atom is -0.425 e. The summed E-state index contributed by atoms with van der Waals surface area (Å²) in [5, 5.41) is 0.794. The van der Waals surface area contributed by atoms with Crippen molar-refractivity contribution in [3.63, 3.8) is 0 Å². The van der Waals surface area contributed by atoms with E-state index in [0.29, 0.717) is 17.8 Å². The van der Waals surface area contributed by atoms with Crippen molar-refractivity contribution in [1.29, 1.82) is 0 Å². The van der Waals surface area contributed by atoms with Crippen LogP contribution in [0.2, 0.25) is 0 Å². The number of esters is 1. The third-order valence-corrected chi connectivity index (χ3v) is 3.74. The largest absolute Gasteiger partial charge is 0.425 e. The van der Waals surface area contributed by atoms with Gasteiger partial charge in [-0.1, -0.05) is 30.3 Å². The second-order valence-electron chi connectivity index (χ2n) is 5.62. The number of fused-ring (bicyclic) bond motifs is 1. The number of rotatable bonds is 4. The van der Waals surface area contributed by atoms with Gasteiger partial charge >= 0.3 is 11.6 Å². The van der Waals surface area contributed by atoms with Crippen LogP contribution < -0.4 is 16.1 Å². The summed E-state index contributed by atoms with van der Waals surface area (Å²) in [5.41, 5.74) is 7.61. The van der Waals surface area contributed by atoms with E-state index in [0.717, 1.165) is 16.5 Å². The van der Waals surface area contributed by atoms with Crippen molar-refractivity contribution in [3.05, 3.63) is 76.1 Å². The third kappa shape index (κ3) is 3.52. The van der Waals surface area contributed by atoms with Gasteiger partial charge in [0.1, 0.15) is 17.4 Å². The molecule has 2 N–H and O–H groups in total. The summed E-state index contributed by atoms with van der Waals surface area (Å²) in [6.45, 7) is 1.82. The van der Waals surface area contributed by atoms with E-state index in [4.69, 9.17) is 14.9 Å². The lowest BCUT2D eigenvalue weighted by Gasteiger charge is -2.11. The van der Waals surface area contributed by atoms with Crippen molar-refractivity contribution in [2.24, 2.45) is 5.73 Å². The van der Waals surface area contributed by atoms with Gasteiger partial charge < -0.3 is 14.9 Å². The van der Waals surface area contributed by atoms with Crippen LogP contribution in [0.15, 0.2) is 63.8 Å². The topological polar surface area (TPSA) is 82.5 Å². The lowest BCUT2D eigenvalue weighted by molar-refractivity contribution is -0.135. The van der Waals surface area contributed by atoms with E-state index in [1.807, 2.05) is 37.3 Å². The number of carbonyl (C=O) groups is 1. The number of hydrogen-bond donors (Lipinski definition) is 1. The van der Waals surface area contributed by atoms with Crippen LogP contribution in [0.5, 0.6) is 5.75 Å². The average molecular weight is 323 g/mol. The lowest BCUT2D eigenvalue weighted by atomic mass is 10.1. The summed E-state index contributed by atoms with van der Waals surface area (Å²) in [7, 11) is 0. The van der Waals surface area contributed by atoms with Crippen LogP contribution >= 0.6 is 0 Å². The minimum atomic E-state index is -0.771. The standard InChI is InChI=1S/C19H17NO4/c1-12-9-18(21)24-17-11-14(7-8-15(12)17)23-19(22)16(20)10-13-5-3-2-4-6-13/h2-9,11,16H,10,20H2,1H3/t16-/m0/s1. The maximum Gasteiger partial charge on any atom is 0.336 e. The highest BCUT2D eigenvalue weighted by molar-refractivity contribution is 5.83. The quantitative estimate of drug-likeness (QED) is 0.453. The minimum absolute atomic E-state index is 0.296. The molecular formula is C19H17NO4. The van der Waals surface area contributed by atoms with Gasteiger partial charge in [-0.25, -0.2) is 9.59 Å². The summed E-state index contributed by atoms with van der Waals surface area (Å²) >= 11 is 0. The van der Waals surface area contributed by atoms with Gasteiger partial charge in [0, 0.05) is 17.5 Å². The molecule has 3 aromatic rings. The first kappa shape index (κ1) is 16.0. The summed E-state index contributed by atoms with van der Waals surface area (Å²) in [4.78, 5) is 23.6. The summed E-state index contributed by atoms with van der Waals surface area (Å²) in [6, 6.07) is 15.1. The highest BCUT2D eigenvalue weighted by Gasteiger charge is 2.17. The SMILES string of the molecule is Cc1cc(=O)oc2cc(OC(=O)[C@@H](N)Cc3ccccc3)ccc12. The molecule has 0 saturated heterocycles. The van der Waals surface area contributed by atoms with Gasteiger partial charge in [0.25, 0.3) is 0 Å². The number of aryl methyl sites for hydroxylation is 1. The molecule has 0 aliphatic carbocycles. The van der Waals surface area contributed by atoms with Gasteiger partial charge in [-0.2, -0.15) is 0 Å². The van der Waals surface area contributed by atoms with E-state index in [1.54, 1.807) is 12.1 Å². The molecule has 0 aliphatic heterocycles. The Morgan fingerprint density at radius 3 is 2.67 bits per heavy atom. The Labute approximate surface area is 138 Å². The Kier molecular flexibility index (Phi) is 4.44. The molecule has 0 fully saturated rings. The highest BCUT2D eigenvalue weighted by atomic mass is 16.5. The van der Waals surface area contributed by atoms with E-state index in [2.05, 4.69) is 0 Å². The van der Waals surface area contributed by atoms with Crippen molar-refractivity contribution < 1.29 is 13.9 Å². The molecule has 5 nitrogen and oxygen atoms in total. The second kappa shape index (κ2) is 6.68. The fourth-order valence-corrected chi connectivity index (χ4v) is 2.51. The van der Waals surface area contributed by atoms with Crippen LogP contribution in [0.4, 0.5) is 0 Å². The molecule has 3 rings (SSSR count). The van der Waals surface area contributed by atoms with Crippen LogP contribution in [0.25, 0.3) is 11.0 Å². The number of benzene rings is 2. The molecule has 1 aromatic heterocycles. The normalized spacial score (nSPS) is 12.1. The molecule has 0 aliphatic rings. The van der Waals surface area contributed by atoms with Crippen LogP contribution in [-0.2, 0) is 11.2 Å². The number of nitrogens with two attached hydrogens (primary N) is 1. The maximum absolute atomic E-state index is 12.1. The number of carbonyl (C=O) groups excluding carboxylic acids is 1. The van der Waals surface area contributed by atoms with Crippen molar-refractivity contribution in [3.8, 4) is 5.75 Å². The highest BCUT2D eigenvalue weighted by Crippen LogP contribution is 2.22. The zero-order chi connectivity index (χ0) is 17.1. The zero-order valence-corrected chi connectivity index (χ0v) is 13.2. The lowest BCUT2D eigenvalue weighted by Crippen LogP contribution is -2.36. The fourth-order valence-electron chi connectivity index (χ4n) is 2.51. The van der Waals surface area contributed by atoms with Crippen molar-refractivity contribution >= 4 is 16.9 Å². The average Bonchev–Trinajstić information content (AvgIpc) is 2.55. The maximum atomic E-state index is 12.1. The van der Waals surface area contributed by atoms with Crippen molar-refractivity contribution in [2.75, 3.05) is 0 Å². The predicted octanol–water partition coefficient (Wildman–Crippen LogP) is 2.58. The molecule has 24 heavy (non-hydrogen) atoms. The van der Waals surface area contributed by atoms with Gasteiger partial charge in [-0.3, -0.25) is 0 Å². The number of ether oxygens (including phenoxy) is 1. The Hall–Kier alpha value is -2.92. The number of hydrogen-bond acceptors (Lipinski definition) is 5. The Balaban J connectivity index is 1.76. The van der Waals surface area contributed by atoms with Crippen molar-refractivity contribution in [2.45, 2.75) is 19.4 Å². The molecule has 2 aromatic carbocycles. The molecule has 0 radical (unpaired) electrons. The Morgan fingerprint density at radius 2 is 1.92 bits per heavy atom. The first-order valence-electron chi connectivity index (χ1n) is 7.58. The van der Waals surface area contributed by atoms with Crippen LogP contribution in [0.3, 0.4) is 0 Å². The molecule has 0 amide bonds. The second-order valence-corrected chi connectivity index (χ2v) is 5.62. The first-order valence-corrected chi connectivity index (χ1v) is 7.58. The van der Waals surface area contributed by atoms with E-state index in [-0.39, 0.29) is 0 Å². The van der Waals surface area contributed by atoms with Gasteiger partial charge in [-0.15, -0.1) is 0 Å². The molecule has 0 unspecified atom stereocenters. The third-order valence-electron chi connectivity index (χ3n) is 3.74. The Morgan fingerprint density at radius 1 is 1.17 bits per heavy atom. The van der Waals surface area contributed by atoms with E-state index < -0.39 is 17.6 Å². The van der Waals surface area contributed by atoms with Gasteiger partial charge in [0.15, 0.2) is 0 Å². The first-order chi connectivity index (χ1) is 11.5. The van der Waals surface area contributed by atoms with Gasteiger partial charge in [-0.05, 0) is 36.6 Å². The van der Waals surface area contributed by atoms with E-state index in [9.17, 15) is 9.59 Å². The smallest absolute Gasteiger partial charge is 0.336 e.